The van der Waals surface area contributed by atoms with Gasteiger partial charge in [-0.2, -0.15) is 0 Å². The summed E-state index contributed by atoms with van der Waals surface area (Å²) in [6.45, 7) is 2.07. The molecule has 0 bridgehead atoms. The molecule has 0 saturated heterocycles. The van der Waals surface area contributed by atoms with E-state index < -0.39 is 5.92 Å². The molecule has 24 heavy (non-hydrogen) atoms. The average Bonchev–Trinajstić information content (AvgIpc) is 3.22. The number of benzene rings is 1. The molecule has 120 valence electrons. The zero-order chi connectivity index (χ0) is 16.5. The van der Waals surface area contributed by atoms with Gasteiger partial charge in [-0.15, -0.1) is 11.3 Å². The highest BCUT2D eigenvalue weighted by Gasteiger charge is 2.31. The van der Waals surface area contributed by atoms with E-state index in [9.17, 15) is 4.79 Å². The fourth-order valence-electron chi connectivity index (χ4n) is 2.57. The summed E-state index contributed by atoms with van der Waals surface area (Å²) < 4.78 is 6.28. The molecular formula is C16H13N5O2S. The molecule has 1 atom stereocenters. The second-order valence-electron chi connectivity index (χ2n) is 5.06. The van der Waals surface area contributed by atoms with Crippen molar-refractivity contribution >= 4 is 38.7 Å². The molecule has 0 aliphatic carbocycles. The Bertz CT molecular complexity index is 992. The summed E-state index contributed by atoms with van der Waals surface area (Å²) in [5.41, 5.74) is 2.50. The molecule has 1 unspecified atom stereocenters. The molecule has 3 aromatic heterocycles. The van der Waals surface area contributed by atoms with E-state index in [4.69, 9.17) is 4.74 Å². The number of hydrogen-bond donors (Lipinski definition) is 1. The molecule has 3 heterocycles. The van der Waals surface area contributed by atoms with Crippen molar-refractivity contribution in [1.29, 1.82) is 0 Å². The highest BCUT2D eigenvalue weighted by molar-refractivity contribution is 7.18. The minimum Gasteiger partial charge on any atom is -0.465 e. The Hall–Kier alpha value is -2.87. The Kier molecular flexibility index (Phi) is 3.66. The van der Waals surface area contributed by atoms with Gasteiger partial charge in [0, 0.05) is 0 Å². The van der Waals surface area contributed by atoms with Gasteiger partial charge in [0.15, 0.2) is 11.6 Å². The number of nitrogens with one attached hydrogen (secondary N) is 1. The highest BCUT2D eigenvalue weighted by atomic mass is 32.1. The molecule has 0 aliphatic heterocycles. The fourth-order valence-corrected chi connectivity index (χ4v) is 3.63. The van der Waals surface area contributed by atoms with Gasteiger partial charge in [-0.1, -0.05) is 12.1 Å². The summed E-state index contributed by atoms with van der Waals surface area (Å²) >= 11 is 1.46. The van der Waals surface area contributed by atoms with Crippen LogP contribution in [0.2, 0.25) is 0 Å². The molecule has 8 heteroatoms. The van der Waals surface area contributed by atoms with E-state index in [2.05, 4.69) is 24.9 Å². The molecule has 4 rings (SSSR count). The molecule has 4 aromatic rings. The van der Waals surface area contributed by atoms with E-state index in [-0.39, 0.29) is 12.6 Å². The lowest BCUT2D eigenvalue weighted by Crippen LogP contribution is -2.19. The first-order valence-corrected chi connectivity index (χ1v) is 8.25. The van der Waals surface area contributed by atoms with Crippen LogP contribution in [-0.4, -0.2) is 37.5 Å². The second kappa shape index (κ2) is 5.97. The van der Waals surface area contributed by atoms with Crippen molar-refractivity contribution in [3.8, 4) is 0 Å². The van der Waals surface area contributed by atoms with Gasteiger partial charge in [0.1, 0.15) is 16.9 Å². The van der Waals surface area contributed by atoms with Crippen molar-refractivity contribution in [2.75, 3.05) is 6.61 Å². The quantitative estimate of drug-likeness (QED) is 0.575. The predicted octanol–water partition coefficient (Wildman–Crippen LogP) is 2.66. The summed E-state index contributed by atoms with van der Waals surface area (Å²) in [5.74, 6) is -1.10. The van der Waals surface area contributed by atoms with Gasteiger partial charge in [0.25, 0.3) is 0 Å². The number of rotatable bonds is 4. The van der Waals surface area contributed by atoms with Gasteiger partial charge in [-0.05, 0) is 19.1 Å². The Morgan fingerprint density at radius 2 is 2.17 bits per heavy atom. The highest BCUT2D eigenvalue weighted by Crippen LogP contribution is 2.33. The van der Waals surface area contributed by atoms with Crippen LogP contribution in [-0.2, 0) is 9.53 Å². The molecule has 0 aliphatic rings. The van der Waals surface area contributed by atoms with Crippen LogP contribution in [0.1, 0.15) is 23.5 Å². The molecule has 7 nitrogen and oxygen atoms in total. The maximum absolute atomic E-state index is 12.6. The first-order valence-electron chi connectivity index (χ1n) is 7.44. The summed E-state index contributed by atoms with van der Waals surface area (Å²) in [6, 6.07) is 7.76. The lowest BCUT2D eigenvalue weighted by atomic mass is 10.1. The lowest BCUT2D eigenvalue weighted by molar-refractivity contribution is -0.143. The number of aromatic amines is 1. The van der Waals surface area contributed by atoms with Crippen LogP contribution in [0, 0.1) is 0 Å². The average molecular weight is 339 g/mol. The number of fused-ring (bicyclic) bond motifs is 2. The lowest BCUT2D eigenvalue weighted by Gasteiger charge is -2.12. The first kappa shape index (κ1) is 14.7. The number of H-pyrrole nitrogens is 1. The van der Waals surface area contributed by atoms with Crippen molar-refractivity contribution in [3.05, 3.63) is 47.6 Å². The maximum Gasteiger partial charge on any atom is 0.322 e. The second-order valence-corrected chi connectivity index (χ2v) is 6.13. The summed E-state index contributed by atoms with van der Waals surface area (Å²) in [5, 5.41) is 0.643. The molecule has 0 fully saturated rings. The minimum absolute atomic E-state index is 0.289. The zero-order valence-corrected chi connectivity index (χ0v) is 13.6. The number of aromatic nitrogens is 5. The third kappa shape index (κ3) is 2.41. The third-order valence-corrected chi connectivity index (χ3v) is 4.71. The van der Waals surface area contributed by atoms with Crippen molar-refractivity contribution in [3.63, 3.8) is 0 Å². The van der Waals surface area contributed by atoms with Crippen LogP contribution in [0.15, 0.2) is 36.9 Å². The number of carbonyl (C=O) groups excluding carboxylic acids is 1. The summed E-state index contributed by atoms with van der Waals surface area (Å²) in [4.78, 5) is 32.8. The van der Waals surface area contributed by atoms with E-state index in [1.54, 1.807) is 6.92 Å². The normalized spacial score (nSPS) is 12.5. The van der Waals surface area contributed by atoms with Crippen molar-refractivity contribution in [2.24, 2.45) is 0 Å². The van der Waals surface area contributed by atoms with Gasteiger partial charge < -0.3 is 9.72 Å². The van der Waals surface area contributed by atoms with Crippen molar-refractivity contribution < 1.29 is 9.53 Å². The molecule has 0 saturated carbocycles. The molecule has 1 aromatic carbocycles. The number of esters is 1. The molecular weight excluding hydrogens is 326 g/mol. The van der Waals surface area contributed by atoms with Crippen LogP contribution >= 0.6 is 11.3 Å². The minimum atomic E-state index is -0.715. The standard InChI is InChI=1S/C16H13N5O2S/c1-2-23-16(22)11(12-13-14(19-7-17-12)20-8-18-13)15-21-9-5-3-4-6-10(9)24-15/h3-8,11H,2H2,1H3,(H,17,18,19,20). The van der Waals surface area contributed by atoms with E-state index in [1.807, 2.05) is 24.3 Å². The number of carbonyl (C=O) groups is 1. The van der Waals surface area contributed by atoms with E-state index >= 15 is 0 Å². The molecule has 1 N–H and O–H groups in total. The van der Waals surface area contributed by atoms with Gasteiger partial charge >= 0.3 is 5.97 Å². The maximum atomic E-state index is 12.6. The van der Waals surface area contributed by atoms with Gasteiger partial charge in [0.05, 0.1) is 28.8 Å². The van der Waals surface area contributed by atoms with Crippen LogP contribution in [0.5, 0.6) is 0 Å². The number of hydrogen-bond acceptors (Lipinski definition) is 7. The number of thiazole rings is 1. The van der Waals surface area contributed by atoms with Crippen LogP contribution in [0.3, 0.4) is 0 Å². The fraction of sp³-hybridized carbons (Fsp3) is 0.188. The number of para-hydroxylation sites is 1. The predicted molar refractivity (Wildman–Crippen MR) is 89.8 cm³/mol. The SMILES string of the molecule is CCOC(=O)C(c1nc2ccccc2s1)c1ncnc2nc[nH]c12. The first-order chi connectivity index (χ1) is 11.8. The Balaban J connectivity index is 1.91. The van der Waals surface area contributed by atoms with Crippen molar-refractivity contribution in [2.45, 2.75) is 12.8 Å². The molecule has 0 radical (unpaired) electrons. The van der Waals surface area contributed by atoms with Gasteiger partial charge in [0.2, 0.25) is 0 Å². The number of nitrogens with zero attached hydrogens (tertiary/aromatic N) is 4. The number of imidazole rings is 1. The smallest absolute Gasteiger partial charge is 0.322 e. The Labute approximate surface area is 140 Å². The van der Waals surface area contributed by atoms with Crippen molar-refractivity contribution in [1.82, 2.24) is 24.9 Å². The molecule has 0 spiro atoms. The summed E-state index contributed by atoms with van der Waals surface area (Å²) in [6.07, 6.45) is 2.93. The third-order valence-electron chi connectivity index (χ3n) is 3.61. The zero-order valence-electron chi connectivity index (χ0n) is 12.8. The van der Waals surface area contributed by atoms with Crippen LogP contribution in [0.4, 0.5) is 0 Å². The van der Waals surface area contributed by atoms with E-state index in [0.717, 1.165) is 10.2 Å². The Morgan fingerprint density at radius 3 is 3.00 bits per heavy atom. The topological polar surface area (TPSA) is 93.7 Å². The number of ether oxygens (including phenoxy) is 1. The monoisotopic (exact) mass is 339 g/mol. The van der Waals surface area contributed by atoms with E-state index in [1.165, 1.54) is 24.0 Å². The van der Waals surface area contributed by atoms with E-state index in [0.29, 0.717) is 21.9 Å². The largest absolute Gasteiger partial charge is 0.465 e. The molecule has 0 amide bonds. The summed E-state index contributed by atoms with van der Waals surface area (Å²) in [7, 11) is 0. The van der Waals surface area contributed by atoms with Crippen LogP contribution in [0.25, 0.3) is 21.4 Å². The van der Waals surface area contributed by atoms with Gasteiger partial charge in [-0.25, -0.2) is 19.9 Å². The van der Waals surface area contributed by atoms with Gasteiger partial charge in [-0.3, -0.25) is 4.79 Å². The Morgan fingerprint density at radius 1 is 1.29 bits per heavy atom. The van der Waals surface area contributed by atoms with Crippen LogP contribution < -0.4 is 0 Å².